The van der Waals surface area contributed by atoms with Gasteiger partial charge in [0.2, 0.25) is 23.6 Å². The average Bonchev–Trinajstić information content (AvgIpc) is 3.10. The molecule has 0 saturated heterocycles. The Morgan fingerprint density at radius 3 is 1.43 bits per heavy atom. The van der Waals surface area contributed by atoms with Crippen LogP contribution >= 0.6 is 0 Å². The fraction of sp³-hybridized carbons (Fsp3) is 0.595. The van der Waals surface area contributed by atoms with Gasteiger partial charge >= 0.3 is 5.97 Å². The number of carbonyl (C=O) groups is 5. The summed E-state index contributed by atoms with van der Waals surface area (Å²) in [6, 6.07) is 14.3. The zero-order valence-electron chi connectivity index (χ0n) is 33.6. The van der Waals surface area contributed by atoms with Crippen LogP contribution in [0.25, 0.3) is 0 Å². The lowest BCUT2D eigenvalue weighted by Gasteiger charge is -2.35. The van der Waals surface area contributed by atoms with Gasteiger partial charge in [0.05, 0.1) is 6.04 Å². The molecule has 53 heavy (non-hydrogen) atoms. The van der Waals surface area contributed by atoms with E-state index in [9.17, 15) is 24.0 Å². The van der Waals surface area contributed by atoms with Crippen LogP contribution in [0.2, 0.25) is 0 Å². The summed E-state index contributed by atoms with van der Waals surface area (Å²) in [5.41, 5.74) is 8.09. The Kier molecular flexibility index (Phi) is 18.7. The topological polar surface area (TPSA) is 151 Å². The quantitative estimate of drug-likeness (QED) is 0.151. The highest BCUT2D eigenvalue weighted by molar-refractivity contribution is 5.95. The van der Waals surface area contributed by atoms with Gasteiger partial charge in [-0.15, -0.1) is 0 Å². The Bertz CT molecular complexity index is 1450. The Morgan fingerprint density at radius 2 is 0.981 bits per heavy atom. The lowest BCUT2D eigenvalue weighted by atomic mass is 9.96. The van der Waals surface area contributed by atoms with Gasteiger partial charge in [-0.3, -0.25) is 19.2 Å². The van der Waals surface area contributed by atoms with Crippen LogP contribution in [0.15, 0.2) is 60.7 Å². The lowest BCUT2D eigenvalue weighted by Crippen LogP contribution is -2.59. The Hall–Kier alpha value is -4.25. The first-order valence-corrected chi connectivity index (χ1v) is 19.0. The molecule has 0 heterocycles. The normalized spacial score (nSPS) is 14.3. The van der Waals surface area contributed by atoms with Gasteiger partial charge in [-0.1, -0.05) is 116 Å². The molecule has 0 aromatic heterocycles. The van der Waals surface area contributed by atoms with Gasteiger partial charge in [-0.25, -0.2) is 4.79 Å². The van der Waals surface area contributed by atoms with Gasteiger partial charge < -0.3 is 30.9 Å². The number of nitrogens with one attached hydrogen (secondary N) is 2. The summed E-state index contributed by atoms with van der Waals surface area (Å²) in [5.74, 6) is -2.09. The van der Waals surface area contributed by atoms with E-state index in [-0.39, 0.29) is 36.2 Å². The summed E-state index contributed by atoms with van der Waals surface area (Å²) in [4.78, 5) is 71.9. The van der Waals surface area contributed by atoms with Gasteiger partial charge in [0, 0.05) is 14.1 Å². The predicted molar refractivity (Wildman–Crippen MR) is 209 cm³/mol. The molecule has 0 fully saturated rings. The number of likely N-dealkylation sites (N-methyl/N-ethyl adjacent to an activating group) is 2. The van der Waals surface area contributed by atoms with Gasteiger partial charge in [-0.05, 0) is 66.9 Å². The summed E-state index contributed by atoms with van der Waals surface area (Å²) in [5, 5.41) is 5.84. The Labute approximate surface area is 317 Å². The first kappa shape index (κ1) is 44.9. The number of nitrogens with two attached hydrogens (primary N) is 1. The molecule has 2 rings (SSSR count). The summed E-state index contributed by atoms with van der Waals surface area (Å²) in [6.45, 7) is 15.7. The third kappa shape index (κ3) is 15.3. The number of carbonyl (C=O) groups excluding carboxylic acids is 5. The van der Waals surface area contributed by atoms with E-state index in [4.69, 9.17) is 10.5 Å². The maximum Gasteiger partial charge on any atom is 0.328 e. The van der Waals surface area contributed by atoms with Crippen molar-refractivity contribution in [2.45, 2.75) is 124 Å². The number of esters is 1. The molecule has 0 aliphatic rings. The Balaban J connectivity index is 2.30. The van der Waals surface area contributed by atoms with E-state index in [1.807, 2.05) is 116 Å². The molecule has 0 saturated carbocycles. The van der Waals surface area contributed by atoms with E-state index in [2.05, 4.69) is 10.6 Å². The molecule has 4 N–H and O–H groups in total. The molecule has 11 nitrogen and oxygen atoms in total. The molecule has 2 aromatic carbocycles. The summed E-state index contributed by atoms with van der Waals surface area (Å²) in [6.07, 6.45) is 1.68. The van der Waals surface area contributed by atoms with Crippen molar-refractivity contribution in [3.8, 4) is 0 Å². The van der Waals surface area contributed by atoms with E-state index in [1.54, 1.807) is 14.1 Å². The first-order valence-electron chi connectivity index (χ1n) is 19.0. The largest absolute Gasteiger partial charge is 0.459 e. The highest BCUT2D eigenvalue weighted by atomic mass is 16.5. The van der Waals surface area contributed by atoms with Gasteiger partial charge in [0.1, 0.15) is 30.8 Å². The fourth-order valence-corrected chi connectivity index (χ4v) is 6.29. The fourth-order valence-electron chi connectivity index (χ4n) is 6.29. The second-order valence-electron chi connectivity index (χ2n) is 16.0. The number of amides is 4. The molecule has 0 aliphatic heterocycles. The molecule has 5 atom stereocenters. The van der Waals surface area contributed by atoms with Crippen LogP contribution in [-0.4, -0.2) is 83.7 Å². The minimum absolute atomic E-state index is 0.0204. The van der Waals surface area contributed by atoms with Crippen LogP contribution in [0, 0.1) is 23.7 Å². The van der Waals surface area contributed by atoms with Gasteiger partial charge in [0.15, 0.2) is 0 Å². The highest BCUT2D eigenvalue weighted by Crippen LogP contribution is 2.19. The molecule has 0 aliphatic carbocycles. The summed E-state index contributed by atoms with van der Waals surface area (Å²) in [7, 11) is 3.14. The van der Waals surface area contributed by atoms with Crippen LogP contribution in [0.4, 0.5) is 0 Å². The number of ether oxygens (including phenoxy) is 1. The lowest BCUT2D eigenvalue weighted by molar-refractivity contribution is -0.151. The number of hydrogen-bond donors (Lipinski definition) is 3. The standard InChI is InChI=1S/C42H65N5O6/c1-27(2)21-34(44-38(48)36(23-29(5)6)46(9)40(50)33(43)25-31-17-13-11-14-18-31)41(51)47(10)37(24-30(7)8)39(49)45-35(22-28(3)4)42(52)53-26-32-19-15-12-16-20-32/h11-20,27-30,33-37H,21-26,43H2,1-10H3,(H,44,48)(H,45,49)/t33-,34-,35-,36-,37-/m0/s1. The maximum atomic E-state index is 14.3. The maximum absolute atomic E-state index is 14.3. The second-order valence-corrected chi connectivity index (χ2v) is 16.0. The van der Waals surface area contributed by atoms with Crippen LogP contribution in [-0.2, 0) is 41.7 Å². The van der Waals surface area contributed by atoms with E-state index >= 15 is 0 Å². The van der Waals surface area contributed by atoms with Crippen molar-refractivity contribution >= 4 is 29.6 Å². The number of nitrogens with zero attached hydrogens (tertiary/aromatic N) is 2. The van der Waals surface area contributed by atoms with Crippen molar-refractivity contribution in [3.05, 3.63) is 71.8 Å². The minimum Gasteiger partial charge on any atom is -0.459 e. The second kappa shape index (κ2) is 22.1. The zero-order valence-corrected chi connectivity index (χ0v) is 33.6. The SMILES string of the molecule is CC(C)C[C@H](NC(=O)[C@H](CC(C)C)N(C)C(=O)[C@H](CC(C)C)NC(=O)[C@H](CC(C)C)N(C)C(=O)[C@@H](N)Cc1ccccc1)C(=O)OCc1ccccc1. The van der Waals surface area contributed by atoms with E-state index in [1.165, 1.54) is 9.80 Å². The van der Waals surface area contributed by atoms with Crippen LogP contribution < -0.4 is 16.4 Å². The van der Waals surface area contributed by atoms with Crippen molar-refractivity contribution in [2.75, 3.05) is 14.1 Å². The molecule has 0 unspecified atom stereocenters. The Morgan fingerprint density at radius 1 is 0.585 bits per heavy atom. The number of rotatable bonds is 21. The molecular formula is C42H65N5O6. The minimum atomic E-state index is -0.964. The number of benzene rings is 2. The monoisotopic (exact) mass is 735 g/mol. The van der Waals surface area contributed by atoms with Crippen LogP contribution in [0.5, 0.6) is 0 Å². The smallest absolute Gasteiger partial charge is 0.328 e. The molecule has 0 radical (unpaired) electrons. The van der Waals surface area contributed by atoms with E-state index in [0.717, 1.165) is 11.1 Å². The molecule has 4 amide bonds. The number of hydrogen-bond acceptors (Lipinski definition) is 7. The van der Waals surface area contributed by atoms with E-state index < -0.39 is 53.9 Å². The van der Waals surface area contributed by atoms with Crippen molar-refractivity contribution in [3.63, 3.8) is 0 Å². The van der Waals surface area contributed by atoms with Crippen molar-refractivity contribution < 1.29 is 28.7 Å². The summed E-state index contributed by atoms with van der Waals surface area (Å²) < 4.78 is 5.60. The third-order valence-electron chi connectivity index (χ3n) is 9.09. The summed E-state index contributed by atoms with van der Waals surface area (Å²) >= 11 is 0. The average molecular weight is 736 g/mol. The van der Waals surface area contributed by atoms with Crippen molar-refractivity contribution in [1.82, 2.24) is 20.4 Å². The van der Waals surface area contributed by atoms with Crippen LogP contribution in [0.3, 0.4) is 0 Å². The molecule has 294 valence electrons. The molecular weight excluding hydrogens is 670 g/mol. The van der Waals surface area contributed by atoms with E-state index in [0.29, 0.717) is 32.1 Å². The molecule has 2 aromatic rings. The third-order valence-corrected chi connectivity index (χ3v) is 9.09. The van der Waals surface area contributed by atoms with Gasteiger partial charge in [-0.2, -0.15) is 0 Å². The first-order chi connectivity index (χ1) is 24.9. The molecule has 11 heteroatoms. The van der Waals surface area contributed by atoms with Crippen molar-refractivity contribution in [1.29, 1.82) is 0 Å². The highest BCUT2D eigenvalue weighted by Gasteiger charge is 2.37. The van der Waals surface area contributed by atoms with Crippen LogP contribution in [0.1, 0.15) is 92.2 Å². The predicted octanol–water partition coefficient (Wildman–Crippen LogP) is 5.11. The van der Waals surface area contributed by atoms with Crippen molar-refractivity contribution in [2.24, 2.45) is 29.4 Å². The zero-order chi connectivity index (χ0) is 39.8. The molecule has 0 bridgehead atoms. The van der Waals surface area contributed by atoms with Gasteiger partial charge in [0.25, 0.3) is 0 Å². The molecule has 0 spiro atoms.